The molecular formula is C15H22N2. The number of piperazine rings is 1. The van der Waals surface area contributed by atoms with E-state index in [0.29, 0.717) is 12.1 Å². The van der Waals surface area contributed by atoms with Crippen LogP contribution in [0.25, 0.3) is 0 Å². The van der Waals surface area contributed by atoms with Crippen molar-refractivity contribution in [1.29, 1.82) is 0 Å². The molecule has 0 N–H and O–H groups in total. The van der Waals surface area contributed by atoms with Crippen LogP contribution >= 0.6 is 0 Å². The van der Waals surface area contributed by atoms with E-state index in [-0.39, 0.29) is 0 Å². The van der Waals surface area contributed by atoms with Gasteiger partial charge in [0.2, 0.25) is 0 Å². The fourth-order valence-corrected chi connectivity index (χ4v) is 3.63. The second-order valence-corrected chi connectivity index (χ2v) is 5.17. The molecule has 0 saturated carbocycles. The average Bonchev–Trinajstić information content (AvgIpc) is 2.77. The largest absolute Gasteiger partial charge is 0.297 e. The maximum absolute atomic E-state index is 2.66. The number of nitrogens with zero attached hydrogens (tertiary/aromatic N) is 2. The van der Waals surface area contributed by atoms with Crippen LogP contribution in [-0.2, 0) is 6.42 Å². The van der Waals surface area contributed by atoms with E-state index in [4.69, 9.17) is 0 Å². The van der Waals surface area contributed by atoms with Crippen LogP contribution in [0.15, 0.2) is 24.3 Å². The molecule has 3 rings (SSSR count). The van der Waals surface area contributed by atoms with Gasteiger partial charge < -0.3 is 0 Å². The molecule has 2 unspecified atom stereocenters. The Bertz CT molecular complexity index is 402. The third-order valence-corrected chi connectivity index (χ3v) is 4.52. The molecule has 1 aliphatic carbocycles. The van der Waals surface area contributed by atoms with Gasteiger partial charge in [0.25, 0.3) is 0 Å². The Morgan fingerprint density at radius 2 is 1.76 bits per heavy atom. The van der Waals surface area contributed by atoms with Crippen molar-refractivity contribution in [2.45, 2.75) is 32.4 Å². The highest BCUT2D eigenvalue weighted by molar-refractivity contribution is 5.38. The Balaban J connectivity index is 1.98. The summed E-state index contributed by atoms with van der Waals surface area (Å²) in [4.78, 5) is 5.32. The zero-order valence-corrected chi connectivity index (χ0v) is 10.9. The topological polar surface area (TPSA) is 6.48 Å². The van der Waals surface area contributed by atoms with E-state index in [2.05, 4.69) is 47.9 Å². The monoisotopic (exact) mass is 230 g/mol. The summed E-state index contributed by atoms with van der Waals surface area (Å²) in [5, 5.41) is 0. The lowest BCUT2D eigenvalue weighted by atomic mass is 10.0. The molecule has 0 aromatic heterocycles. The van der Waals surface area contributed by atoms with Crippen LogP contribution in [0.1, 0.15) is 31.0 Å². The summed E-state index contributed by atoms with van der Waals surface area (Å²) in [5.74, 6) is 0. The van der Waals surface area contributed by atoms with Gasteiger partial charge in [-0.05, 0) is 30.6 Å². The average molecular weight is 230 g/mol. The molecule has 0 bridgehead atoms. The van der Waals surface area contributed by atoms with Crippen molar-refractivity contribution in [2.24, 2.45) is 0 Å². The first-order valence-corrected chi connectivity index (χ1v) is 6.91. The van der Waals surface area contributed by atoms with Gasteiger partial charge in [0, 0.05) is 19.1 Å². The van der Waals surface area contributed by atoms with Crippen LogP contribution in [-0.4, -0.2) is 42.0 Å². The Morgan fingerprint density at radius 1 is 1.06 bits per heavy atom. The maximum atomic E-state index is 2.66. The summed E-state index contributed by atoms with van der Waals surface area (Å²) < 4.78 is 0. The standard InChI is InChI=1S/C15H22N2/c1-3-16-9-10-17(4-2)15-13-8-6-5-7-12(13)11-14(15)16/h5-8,14-15H,3-4,9-11H2,1-2H3. The van der Waals surface area contributed by atoms with Gasteiger partial charge in [0.1, 0.15) is 0 Å². The van der Waals surface area contributed by atoms with E-state index in [1.807, 2.05) is 0 Å². The summed E-state index contributed by atoms with van der Waals surface area (Å²) in [5.41, 5.74) is 3.15. The molecule has 0 radical (unpaired) electrons. The van der Waals surface area contributed by atoms with Gasteiger partial charge in [-0.1, -0.05) is 38.1 Å². The second-order valence-electron chi connectivity index (χ2n) is 5.17. The predicted molar refractivity (Wildman–Crippen MR) is 71.2 cm³/mol. The smallest absolute Gasteiger partial charge is 0.0509 e. The Kier molecular flexibility index (Phi) is 2.93. The lowest BCUT2D eigenvalue weighted by Crippen LogP contribution is -2.53. The van der Waals surface area contributed by atoms with E-state index in [0.717, 1.165) is 0 Å². The van der Waals surface area contributed by atoms with E-state index >= 15 is 0 Å². The summed E-state index contributed by atoms with van der Waals surface area (Å²) in [6.45, 7) is 9.40. The predicted octanol–water partition coefficient (Wildman–Crippen LogP) is 2.31. The first-order valence-electron chi connectivity index (χ1n) is 6.91. The van der Waals surface area contributed by atoms with Gasteiger partial charge in [-0.25, -0.2) is 0 Å². The van der Waals surface area contributed by atoms with Crippen molar-refractivity contribution in [1.82, 2.24) is 9.80 Å². The van der Waals surface area contributed by atoms with Gasteiger partial charge >= 0.3 is 0 Å². The van der Waals surface area contributed by atoms with Crippen molar-refractivity contribution in [3.63, 3.8) is 0 Å². The molecule has 1 aromatic rings. The minimum atomic E-state index is 0.643. The molecule has 92 valence electrons. The molecule has 1 saturated heterocycles. The third-order valence-electron chi connectivity index (χ3n) is 4.52. The zero-order chi connectivity index (χ0) is 11.8. The van der Waals surface area contributed by atoms with Crippen LogP contribution in [0.3, 0.4) is 0 Å². The molecule has 17 heavy (non-hydrogen) atoms. The second kappa shape index (κ2) is 4.43. The summed E-state index contributed by atoms with van der Waals surface area (Å²) in [6.07, 6.45) is 1.24. The summed E-state index contributed by atoms with van der Waals surface area (Å²) in [7, 11) is 0. The number of hydrogen-bond donors (Lipinski definition) is 0. The molecule has 2 aliphatic rings. The Labute approximate surface area is 104 Å². The maximum Gasteiger partial charge on any atom is 0.0509 e. The molecular weight excluding hydrogens is 208 g/mol. The van der Waals surface area contributed by atoms with E-state index in [9.17, 15) is 0 Å². The first-order chi connectivity index (χ1) is 8.35. The van der Waals surface area contributed by atoms with Gasteiger partial charge in [-0.2, -0.15) is 0 Å². The van der Waals surface area contributed by atoms with Crippen molar-refractivity contribution in [2.75, 3.05) is 26.2 Å². The number of hydrogen-bond acceptors (Lipinski definition) is 2. The van der Waals surface area contributed by atoms with Crippen LogP contribution in [0.5, 0.6) is 0 Å². The minimum absolute atomic E-state index is 0.643. The van der Waals surface area contributed by atoms with E-state index in [1.165, 1.54) is 32.6 Å². The highest BCUT2D eigenvalue weighted by Gasteiger charge is 2.41. The van der Waals surface area contributed by atoms with E-state index < -0.39 is 0 Å². The minimum Gasteiger partial charge on any atom is -0.297 e. The number of benzene rings is 1. The molecule has 0 spiro atoms. The Morgan fingerprint density at radius 3 is 2.53 bits per heavy atom. The highest BCUT2D eigenvalue weighted by atomic mass is 15.3. The molecule has 2 heteroatoms. The first kappa shape index (κ1) is 11.2. The van der Waals surface area contributed by atoms with E-state index in [1.54, 1.807) is 11.1 Å². The number of likely N-dealkylation sites (N-methyl/N-ethyl adjacent to an activating group) is 2. The molecule has 2 nitrogen and oxygen atoms in total. The fraction of sp³-hybridized carbons (Fsp3) is 0.600. The van der Waals surface area contributed by atoms with Crippen molar-refractivity contribution >= 4 is 0 Å². The lowest BCUT2D eigenvalue weighted by Gasteiger charge is -2.44. The molecule has 1 fully saturated rings. The van der Waals surface area contributed by atoms with Crippen molar-refractivity contribution in [3.8, 4) is 0 Å². The quantitative estimate of drug-likeness (QED) is 0.769. The van der Waals surface area contributed by atoms with Crippen LogP contribution in [0, 0.1) is 0 Å². The van der Waals surface area contributed by atoms with Crippen LogP contribution in [0.2, 0.25) is 0 Å². The van der Waals surface area contributed by atoms with Crippen molar-refractivity contribution in [3.05, 3.63) is 35.4 Å². The molecule has 0 amide bonds. The van der Waals surface area contributed by atoms with Gasteiger partial charge in [0.05, 0.1) is 6.04 Å². The number of rotatable bonds is 2. The molecule has 1 aromatic carbocycles. The van der Waals surface area contributed by atoms with Gasteiger partial charge in [-0.3, -0.25) is 9.80 Å². The molecule has 1 aliphatic heterocycles. The molecule has 2 atom stereocenters. The number of fused-ring (bicyclic) bond motifs is 3. The normalized spacial score (nSPS) is 29.1. The Hall–Kier alpha value is -0.860. The SMILES string of the molecule is CCN1CCN(CC)C2c3ccccc3CC21. The van der Waals surface area contributed by atoms with Gasteiger partial charge in [0.15, 0.2) is 0 Å². The highest BCUT2D eigenvalue weighted by Crippen LogP contribution is 2.40. The summed E-state index contributed by atoms with van der Waals surface area (Å²) in [6, 6.07) is 10.4. The lowest BCUT2D eigenvalue weighted by molar-refractivity contribution is 0.0344. The zero-order valence-electron chi connectivity index (χ0n) is 10.9. The summed E-state index contributed by atoms with van der Waals surface area (Å²) >= 11 is 0. The third kappa shape index (κ3) is 1.71. The van der Waals surface area contributed by atoms with Crippen LogP contribution in [0.4, 0.5) is 0 Å². The molecule has 1 heterocycles. The van der Waals surface area contributed by atoms with Gasteiger partial charge in [-0.15, -0.1) is 0 Å². The van der Waals surface area contributed by atoms with Crippen molar-refractivity contribution < 1.29 is 0 Å². The van der Waals surface area contributed by atoms with Crippen LogP contribution < -0.4 is 0 Å². The fourth-order valence-electron chi connectivity index (χ4n) is 3.63.